The van der Waals surface area contributed by atoms with Crippen LogP contribution < -0.4 is 0 Å². The molecule has 0 spiro atoms. The van der Waals surface area contributed by atoms with Crippen LogP contribution in [0.4, 0.5) is 0 Å². The predicted octanol–water partition coefficient (Wildman–Crippen LogP) is 0.646. The summed E-state index contributed by atoms with van der Waals surface area (Å²) in [6.07, 6.45) is 0. The minimum Gasteiger partial charge on any atom is -0.744 e. The van der Waals surface area contributed by atoms with Crippen LogP contribution in [0.25, 0.3) is 10.8 Å². The van der Waals surface area contributed by atoms with Gasteiger partial charge < -0.3 is 9.11 Å². The van der Waals surface area contributed by atoms with Crippen molar-refractivity contribution in [3.05, 3.63) is 36.4 Å². The van der Waals surface area contributed by atoms with Gasteiger partial charge in [-0.1, -0.05) is 24.3 Å². The summed E-state index contributed by atoms with van der Waals surface area (Å²) in [6.45, 7) is 0. The van der Waals surface area contributed by atoms with E-state index in [1.165, 1.54) is 24.3 Å². The van der Waals surface area contributed by atoms with E-state index in [1.807, 2.05) is 0 Å². The SMILES string of the molecule is O=S(=O)([O-])c1cccc2c(S(=O)(=O)[O-])cccc12.[Cu+2]. The third-order valence-corrected chi connectivity index (χ3v) is 4.17. The van der Waals surface area contributed by atoms with Crippen molar-refractivity contribution in [2.75, 3.05) is 0 Å². The van der Waals surface area contributed by atoms with Gasteiger partial charge in [0.1, 0.15) is 20.2 Å². The summed E-state index contributed by atoms with van der Waals surface area (Å²) in [5.41, 5.74) is 0. The van der Waals surface area contributed by atoms with E-state index in [-0.39, 0.29) is 27.8 Å². The molecule has 0 N–H and O–H groups in total. The largest absolute Gasteiger partial charge is 2.00 e. The standard InChI is InChI=1S/C10H8O6S2.Cu/c11-17(12,13)9-5-1-3-7-8(9)4-2-6-10(7)18(14,15)16;/h1-6H,(H,11,12,13)(H,14,15,16);/q;+2/p-2. The number of hydrogen-bond donors (Lipinski definition) is 0. The molecule has 1 radical (unpaired) electrons. The van der Waals surface area contributed by atoms with Crippen LogP contribution in [0.3, 0.4) is 0 Å². The molecule has 0 unspecified atom stereocenters. The molecule has 2 aromatic rings. The quantitative estimate of drug-likeness (QED) is 0.580. The first-order valence-corrected chi connectivity index (χ1v) is 7.46. The number of rotatable bonds is 2. The van der Waals surface area contributed by atoms with E-state index in [0.29, 0.717) is 0 Å². The van der Waals surface area contributed by atoms with Crippen molar-refractivity contribution in [3.63, 3.8) is 0 Å². The minimum absolute atomic E-state index is 0. The van der Waals surface area contributed by atoms with Crippen molar-refractivity contribution in [1.82, 2.24) is 0 Å². The Kier molecular flexibility index (Phi) is 4.40. The molecule has 0 heterocycles. The van der Waals surface area contributed by atoms with Crippen molar-refractivity contribution in [3.8, 4) is 0 Å². The summed E-state index contributed by atoms with van der Waals surface area (Å²) in [5.74, 6) is 0. The summed E-state index contributed by atoms with van der Waals surface area (Å²) in [7, 11) is -9.48. The minimum atomic E-state index is -4.74. The van der Waals surface area contributed by atoms with Crippen LogP contribution in [0.2, 0.25) is 0 Å². The molecule has 0 atom stereocenters. The van der Waals surface area contributed by atoms with E-state index < -0.39 is 30.0 Å². The molecule has 0 aliphatic rings. The van der Waals surface area contributed by atoms with Gasteiger partial charge in [0.2, 0.25) is 0 Å². The van der Waals surface area contributed by atoms with Gasteiger partial charge >= 0.3 is 17.1 Å². The first-order valence-electron chi connectivity index (χ1n) is 4.65. The molecule has 0 aliphatic carbocycles. The molecule has 0 saturated heterocycles. The fourth-order valence-electron chi connectivity index (χ4n) is 1.69. The predicted molar refractivity (Wildman–Crippen MR) is 59.9 cm³/mol. The van der Waals surface area contributed by atoms with Gasteiger partial charge in [-0.3, -0.25) is 0 Å². The van der Waals surface area contributed by atoms with Crippen molar-refractivity contribution in [2.45, 2.75) is 9.79 Å². The van der Waals surface area contributed by atoms with Crippen molar-refractivity contribution in [1.29, 1.82) is 0 Å². The Balaban J connectivity index is 0.00000180. The molecular formula is C10H6CuO6S2. The Morgan fingerprint density at radius 1 is 0.684 bits per heavy atom. The average molecular weight is 350 g/mol. The van der Waals surface area contributed by atoms with E-state index in [0.717, 1.165) is 12.1 Å². The maximum Gasteiger partial charge on any atom is 2.00 e. The number of fused-ring (bicyclic) bond motifs is 1. The molecule has 0 aliphatic heterocycles. The second kappa shape index (κ2) is 5.20. The fourth-order valence-corrected chi connectivity index (χ4v) is 3.07. The first kappa shape index (κ1) is 16.1. The van der Waals surface area contributed by atoms with Crippen LogP contribution in [0.15, 0.2) is 46.2 Å². The molecule has 0 amide bonds. The van der Waals surface area contributed by atoms with Crippen LogP contribution in [0.5, 0.6) is 0 Å². The molecule has 0 bridgehead atoms. The van der Waals surface area contributed by atoms with E-state index in [9.17, 15) is 25.9 Å². The van der Waals surface area contributed by atoms with E-state index in [1.54, 1.807) is 0 Å². The van der Waals surface area contributed by atoms with Crippen molar-refractivity contribution >= 4 is 31.0 Å². The molecule has 9 heteroatoms. The Morgan fingerprint density at radius 2 is 1.00 bits per heavy atom. The van der Waals surface area contributed by atoms with Crippen LogP contribution in [-0.2, 0) is 37.3 Å². The Morgan fingerprint density at radius 3 is 1.26 bits per heavy atom. The monoisotopic (exact) mass is 349 g/mol. The van der Waals surface area contributed by atoms with Crippen molar-refractivity contribution < 1.29 is 43.0 Å². The second-order valence-corrected chi connectivity index (χ2v) is 6.21. The summed E-state index contributed by atoms with van der Waals surface area (Å²) in [6, 6.07) is 7.09. The molecule has 0 aromatic heterocycles. The molecule has 19 heavy (non-hydrogen) atoms. The van der Waals surface area contributed by atoms with Crippen molar-refractivity contribution in [2.24, 2.45) is 0 Å². The fraction of sp³-hybridized carbons (Fsp3) is 0. The van der Waals surface area contributed by atoms with Gasteiger partial charge in [-0.2, -0.15) is 0 Å². The molecule has 2 rings (SSSR count). The van der Waals surface area contributed by atoms with Gasteiger partial charge in [0.15, 0.2) is 0 Å². The molecule has 6 nitrogen and oxygen atoms in total. The Bertz CT molecular complexity index is 755. The van der Waals surface area contributed by atoms with Crippen LogP contribution in [0.1, 0.15) is 0 Å². The average Bonchev–Trinajstić information content (AvgIpc) is 2.24. The van der Waals surface area contributed by atoms with E-state index in [4.69, 9.17) is 0 Å². The topological polar surface area (TPSA) is 114 Å². The second-order valence-electron chi connectivity index (χ2n) is 3.52. The summed E-state index contributed by atoms with van der Waals surface area (Å²) < 4.78 is 66.1. The summed E-state index contributed by atoms with van der Waals surface area (Å²) in [4.78, 5) is -1.10. The maximum atomic E-state index is 11.0. The third-order valence-electron chi connectivity index (χ3n) is 2.38. The van der Waals surface area contributed by atoms with Crippen LogP contribution in [0, 0.1) is 0 Å². The molecule has 0 saturated carbocycles. The van der Waals surface area contributed by atoms with Gasteiger partial charge in [0, 0.05) is 10.8 Å². The van der Waals surface area contributed by atoms with Gasteiger partial charge in [-0.15, -0.1) is 0 Å². The maximum absolute atomic E-state index is 11.0. The van der Waals surface area contributed by atoms with Crippen LogP contribution >= 0.6 is 0 Å². The zero-order valence-corrected chi connectivity index (χ0v) is 11.6. The summed E-state index contributed by atoms with van der Waals surface area (Å²) in [5, 5.41) is -0.158. The van der Waals surface area contributed by atoms with Gasteiger partial charge in [0.05, 0.1) is 9.79 Å². The van der Waals surface area contributed by atoms with Crippen LogP contribution in [-0.4, -0.2) is 25.9 Å². The molecule has 105 valence electrons. The molecule has 0 fully saturated rings. The first-order chi connectivity index (χ1) is 8.21. The van der Waals surface area contributed by atoms with E-state index >= 15 is 0 Å². The Labute approximate surface area is 120 Å². The number of hydrogen-bond acceptors (Lipinski definition) is 6. The smallest absolute Gasteiger partial charge is 0.744 e. The molecular weight excluding hydrogens is 344 g/mol. The third kappa shape index (κ3) is 3.14. The van der Waals surface area contributed by atoms with Gasteiger partial charge in [0.25, 0.3) is 0 Å². The Hall–Kier alpha value is -0.961. The van der Waals surface area contributed by atoms with Gasteiger partial charge in [-0.25, -0.2) is 16.8 Å². The number of benzene rings is 2. The van der Waals surface area contributed by atoms with Gasteiger partial charge in [-0.05, 0) is 12.1 Å². The molecule has 2 aromatic carbocycles. The van der Waals surface area contributed by atoms with E-state index in [2.05, 4.69) is 0 Å². The zero-order valence-electron chi connectivity index (χ0n) is 9.03. The normalized spacial score (nSPS) is 12.1. The zero-order chi connectivity index (χ0) is 13.6. The summed E-state index contributed by atoms with van der Waals surface area (Å²) >= 11 is 0.